The third-order valence-electron chi connectivity index (χ3n) is 5.99. The van der Waals surface area contributed by atoms with Crippen molar-refractivity contribution in [2.24, 2.45) is 5.41 Å². The van der Waals surface area contributed by atoms with E-state index >= 15 is 0 Å². The van der Waals surface area contributed by atoms with Gasteiger partial charge >= 0.3 is 6.18 Å². The molecule has 1 atom stereocenters. The number of hydrogen-bond acceptors (Lipinski definition) is 7. The molecule has 0 spiro atoms. The molecule has 12 heteroatoms. The van der Waals surface area contributed by atoms with Crippen LogP contribution in [-0.2, 0) is 28.7 Å². The Hall–Kier alpha value is -2.63. The molecule has 0 aliphatic carbocycles. The number of amides is 1. The Balaban J connectivity index is 1.61. The Morgan fingerprint density at radius 3 is 2.70 bits per heavy atom. The van der Waals surface area contributed by atoms with Gasteiger partial charge in [0.05, 0.1) is 43.7 Å². The molecule has 2 aromatic rings. The van der Waals surface area contributed by atoms with Crippen molar-refractivity contribution in [3.63, 3.8) is 0 Å². The summed E-state index contributed by atoms with van der Waals surface area (Å²) in [5, 5.41) is 12.8. The first kappa shape index (κ1) is 23.5. The van der Waals surface area contributed by atoms with Crippen molar-refractivity contribution in [1.29, 1.82) is 0 Å². The number of nitrogens with two attached hydrogens (primary N) is 1. The number of carbonyl (C=O) groups is 1. The van der Waals surface area contributed by atoms with Gasteiger partial charge in [-0.15, -0.1) is 0 Å². The summed E-state index contributed by atoms with van der Waals surface area (Å²) in [6, 6.07) is 2.77. The lowest BCUT2D eigenvalue weighted by Crippen LogP contribution is -2.58. The molecule has 4 N–H and O–H groups in total. The second-order valence-corrected chi connectivity index (χ2v) is 8.76. The van der Waals surface area contributed by atoms with Crippen LogP contribution in [0.5, 0.6) is 0 Å². The Kier molecular flexibility index (Phi) is 6.14. The number of benzene rings is 1. The van der Waals surface area contributed by atoms with Crippen molar-refractivity contribution in [2.75, 3.05) is 37.4 Å². The zero-order valence-electron chi connectivity index (χ0n) is 17.7. The number of aromatic nitrogens is 2. The molecular weight excluding hydrogens is 463 g/mol. The largest absolute Gasteiger partial charge is 0.416 e. The molecule has 1 aromatic carbocycles. The number of ether oxygens (including phenoxy) is 1. The number of halogens is 4. The van der Waals surface area contributed by atoms with Gasteiger partial charge in [-0.05, 0) is 42.3 Å². The Morgan fingerprint density at radius 2 is 2.09 bits per heavy atom. The Bertz CT molecular complexity index is 1070. The number of aliphatic hydroxyl groups is 1. The summed E-state index contributed by atoms with van der Waals surface area (Å²) in [6.45, 7) is 2.23. The zero-order chi connectivity index (χ0) is 24.0. The highest BCUT2D eigenvalue weighted by atomic mass is 35.5. The normalized spacial score (nSPS) is 18.3. The van der Waals surface area contributed by atoms with E-state index < -0.39 is 23.2 Å². The van der Waals surface area contributed by atoms with Crippen molar-refractivity contribution in [2.45, 2.75) is 32.1 Å². The molecule has 4 rings (SSSR count). The molecule has 33 heavy (non-hydrogen) atoms. The molecule has 8 nitrogen and oxygen atoms in total. The van der Waals surface area contributed by atoms with E-state index in [1.54, 1.807) is 11.8 Å². The summed E-state index contributed by atoms with van der Waals surface area (Å²) in [5.41, 5.74) is 5.50. The Morgan fingerprint density at radius 1 is 1.36 bits per heavy atom. The maximum Gasteiger partial charge on any atom is 0.416 e. The number of aliphatic hydroxyl groups excluding tert-OH is 1. The van der Waals surface area contributed by atoms with E-state index in [0.29, 0.717) is 35.6 Å². The minimum absolute atomic E-state index is 0.00833. The first-order valence-electron chi connectivity index (χ1n) is 10.3. The molecule has 3 heterocycles. The monoisotopic (exact) mass is 485 g/mol. The van der Waals surface area contributed by atoms with Crippen molar-refractivity contribution in [1.82, 2.24) is 14.9 Å². The predicted octanol–water partition coefficient (Wildman–Crippen LogP) is 2.80. The van der Waals surface area contributed by atoms with Gasteiger partial charge in [-0.25, -0.2) is 9.97 Å². The molecule has 1 fully saturated rings. The van der Waals surface area contributed by atoms with E-state index in [9.17, 15) is 23.1 Å². The number of hydrogen-bond donors (Lipinski definition) is 3. The van der Waals surface area contributed by atoms with Gasteiger partial charge in [0.25, 0.3) is 0 Å². The standard InChI is InChI=1S/C21H23ClF3N5O3/c1-11(12-4-13(21(23,24)25)6-14(26)5-12)27-17-15-7-30(3-2-16(15)28-19(22)29-17)18(32)20(8-31)9-33-10-20/h4-6,11,31H,2-3,7-10,26H2,1H3,(H,27,28,29)/t11-/m1/s1. The van der Waals surface area contributed by atoms with Crippen LogP contribution in [0.2, 0.25) is 5.28 Å². The summed E-state index contributed by atoms with van der Waals surface area (Å²) < 4.78 is 44.8. The predicted molar refractivity (Wildman–Crippen MR) is 114 cm³/mol. The summed E-state index contributed by atoms with van der Waals surface area (Å²) in [7, 11) is 0. The molecule has 1 saturated heterocycles. The van der Waals surface area contributed by atoms with Gasteiger partial charge in [0.15, 0.2) is 0 Å². The van der Waals surface area contributed by atoms with Crippen LogP contribution in [0.15, 0.2) is 18.2 Å². The van der Waals surface area contributed by atoms with E-state index in [4.69, 9.17) is 22.1 Å². The molecule has 2 aliphatic heterocycles. The molecule has 0 bridgehead atoms. The number of nitrogens with zero attached hydrogens (tertiary/aromatic N) is 3. The minimum atomic E-state index is -4.53. The quantitative estimate of drug-likeness (QED) is 0.441. The highest BCUT2D eigenvalue weighted by Gasteiger charge is 2.48. The lowest BCUT2D eigenvalue weighted by Gasteiger charge is -2.43. The first-order valence-corrected chi connectivity index (χ1v) is 10.7. The van der Waals surface area contributed by atoms with Gasteiger partial charge in [0, 0.05) is 24.2 Å². The van der Waals surface area contributed by atoms with Crippen LogP contribution in [0, 0.1) is 5.41 Å². The van der Waals surface area contributed by atoms with E-state index in [-0.39, 0.29) is 43.2 Å². The van der Waals surface area contributed by atoms with Crippen LogP contribution in [0.1, 0.15) is 35.3 Å². The number of alkyl halides is 3. The molecule has 178 valence electrons. The second kappa shape index (κ2) is 8.62. The lowest BCUT2D eigenvalue weighted by molar-refractivity contribution is -0.181. The van der Waals surface area contributed by atoms with E-state index in [0.717, 1.165) is 12.1 Å². The lowest BCUT2D eigenvalue weighted by atomic mass is 9.84. The molecule has 0 unspecified atom stereocenters. The molecule has 2 aliphatic rings. The number of anilines is 2. The van der Waals surface area contributed by atoms with Crippen LogP contribution in [0.3, 0.4) is 0 Å². The maximum absolute atomic E-state index is 13.2. The van der Waals surface area contributed by atoms with E-state index in [2.05, 4.69) is 15.3 Å². The third-order valence-corrected chi connectivity index (χ3v) is 6.16. The highest BCUT2D eigenvalue weighted by molar-refractivity contribution is 6.28. The highest BCUT2D eigenvalue weighted by Crippen LogP contribution is 2.36. The Labute approximate surface area is 192 Å². The number of carbonyl (C=O) groups excluding carboxylic acids is 1. The van der Waals surface area contributed by atoms with Crippen molar-refractivity contribution >= 4 is 29.0 Å². The molecule has 0 radical (unpaired) electrons. The SMILES string of the molecule is C[C@@H](Nc1nc(Cl)nc2c1CN(C(=O)C1(CO)COC1)CC2)c1cc(N)cc(C(F)(F)F)c1. The second-order valence-electron chi connectivity index (χ2n) is 8.43. The topological polar surface area (TPSA) is 114 Å². The smallest absolute Gasteiger partial charge is 0.399 e. The number of fused-ring (bicyclic) bond motifs is 1. The van der Waals surface area contributed by atoms with Crippen LogP contribution < -0.4 is 11.1 Å². The van der Waals surface area contributed by atoms with Gasteiger partial charge in [-0.3, -0.25) is 4.79 Å². The van der Waals surface area contributed by atoms with Gasteiger partial charge in [0.1, 0.15) is 11.2 Å². The minimum Gasteiger partial charge on any atom is -0.399 e. The fourth-order valence-corrected chi connectivity index (χ4v) is 4.21. The van der Waals surface area contributed by atoms with Gasteiger partial charge in [-0.2, -0.15) is 13.2 Å². The van der Waals surface area contributed by atoms with Crippen LogP contribution in [-0.4, -0.2) is 52.2 Å². The molecule has 1 amide bonds. The average molecular weight is 486 g/mol. The summed E-state index contributed by atoms with van der Waals surface area (Å²) in [6.07, 6.45) is -4.11. The number of rotatable bonds is 5. The van der Waals surface area contributed by atoms with Gasteiger partial charge in [0.2, 0.25) is 11.2 Å². The average Bonchev–Trinajstić information content (AvgIpc) is 2.71. The summed E-state index contributed by atoms with van der Waals surface area (Å²) in [4.78, 5) is 23.1. The van der Waals surface area contributed by atoms with Crippen molar-refractivity contribution in [3.05, 3.63) is 45.9 Å². The molecular formula is C21H23ClF3N5O3. The van der Waals surface area contributed by atoms with Crippen molar-refractivity contribution < 1.29 is 27.8 Å². The summed E-state index contributed by atoms with van der Waals surface area (Å²) >= 11 is 6.09. The van der Waals surface area contributed by atoms with Crippen molar-refractivity contribution in [3.8, 4) is 0 Å². The number of nitrogen functional groups attached to an aromatic ring is 1. The van der Waals surface area contributed by atoms with Gasteiger partial charge in [-0.1, -0.05) is 0 Å². The van der Waals surface area contributed by atoms with Crippen LogP contribution in [0.25, 0.3) is 0 Å². The molecule has 1 aromatic heterocycles. The number of nitrogens with one attached hydrogen (secondary N) is 1. The first-order chi connectivity index (χ1) is 15.5. The fraction of sp³-hybridized carbons (Fsp3) is 0.476. The fourth-order valence-electron chi connectivity index (χ4n) is 4.02. The van der Waals surface area contributed by atoms with Crippen LogP contribution in [0.4, 0.5) is 24.7 Å². The maximum atomic E-state index is 13.2. The van der Waals surface area contributed by atoms with Gasteiger partial charge < -0.3 is 25.8 Å². The van der Waals surface area contributed by atoms with E-state index in [1.165, 1.54) is 6.07 Å². The van der Waals surface area contributed by atoms with E-state index in [1.807, 2.05) is 0 Å². The molecule has 0 saturated carbocycles. The third kappa shape index (κ3) is 4.57. The summed E-state index contributed by atoms with van der Waals surface area (Å²) in [5.74, 6) is 0.107. The zero-order valence-corrected chi connectivity index (χ0v) is 18.5. The van der Waals surface area contributed by atoms with Crippen LogP contribution >= 0.6 is 11.6 Å².